The topological polar surface area (TPSA) is 37.5 Å². The second-order valence-electron chi connectivity index (χ2n) is 5.61. The van der Waals surface area contributed by atoms with Crippen molar-refractivity contribution in [3.63, 3.8) is 0 Å². The van der Waals surface area contributed by atoms with Crippen LogP contribution in [0.1, 0.15) is 16.9 Å². The van der Waals surface area contributed by atoms with Crippen LogP contribution < -0.4 is 5.32 Å². The van der Waals surface area contributed by atoms with Crippen molar-refractivity contribution < 1.29 is 4.42 Å². The van der Waals surface area contributed by atoms with E-state index in [1.54, 1.807) is 0 Å². The Hall–Kier alpha value is -2.55. The maximum Gasteiger partial charge on any atom is 0.135 e. The molecule has 110 valence electrons. The molecule has 0 unspecified atom stereocenters. The van der Waals surface area contributed by atoms with E-state index in [1.165, 1.54) is 5.56 Å². The Kier molecular flexibility index (Phi) is 3.39. The van der Waals surface area contributed by atoms with E-state index in [9.17, 15) is 0 Å². The average Bonchev–Trinajstić information content (AvgIpc) is 3.22. The summed E-state index contributed by atoms with van der Waals surface area (Å²) in [7, 11) is 0. The second-order valence-corrected chi connectivity index (χ2v) is 5.61. The number of aliphatic imine (C=N–C) groups is 1. The Morgan fingerprint density at radius 3 is 2.73 bits per heavy atom. The van der Waals surface area contributed by atoms with Crippen molar-refractivity contribution in [2.24, 2.45) is 4.99 Å². The van der Waals surface area contributed by atoms with Gasteiger partial charge in [-0.15, -0.1) is 0 Å². The zero-order chi connectivity index (χ0) is 14.8. The molecule has 4 rings (SSSR count). The van der Waals surface area contributed by atoms with Crippen molar-refractivity contribution in [2.45, 2.75) is 12.8 Å². The molecule has 3 aromatic rings. The van der Waals surface area contributed by atoms with E-state index in [2.05, 4.69) is 58.8 Å². The van der Waals surface area contributed by atoms with Crippen LogP contribution in [-0.4, -0.2) is 18.9 Å². The average molecular weight is 290 g/mol. The number of rotatable bonds is 4. The minimum atomic E-state index is 0.855. The van der Waals surface area contributed by atoms with Crippen molar-refractivity contribution in [3.8, 4) is 0 Å². The van der Waals surface area contributed by atoms with E-state index in [1.807, 2.05) is 6.07 Å². The highest BCUT2D eigenvalue weighted by Gasteiger charge is 2.10. The fourth-order valence-corrected chi connectivity index (χ4v) is 2.86. The van der Waals surface area contributed by atoms with Gasteiger partial charge in [0, 0.05) is 23.9 Å². The molecule has 2 heterocycles. The lowest BCUT2D eigenvalue weighted by Crippen LogP contribution is -2.19. The summed E-state index contributed by atoms with van der Waals surface area (Å²) < 4.78 is 6.01. The van der Waals surface area contributed by atoms with E-state index < -0.39 is 0 Å². The number of benzene rings is 2. The molecule has 0 bridgehead atoms. The van der Waals surface area contributed by atoms with E-state index in [4.69, 9.17) is 4.42 Å². The van der Waals surface area contributed by atoms with Crippen molar-refractivity contribution in [1.29, 1.82) is 0 Å². The van der Waals surface area contributed by atoms with Crippen molar-refractivity contribution >= 4 is 16.8 Å². The molecular formula is C19H18N2O. The summed E-state index contributed by atoms with van der Waals surface area (Å²) in [6.45, 7) is 1.78. The first-order valence-electron chi connectivity index (χ1n) is 7.73. The van der Waals surface area contributed by atoms with Crippen LogP contribution in [0.15, 0.2) is 64.0 Å². The molecule has 1 aliphatic heterocycles. The summed E-state index contributed by atoms with van der Waals surface area (Å²) >= 11 is 0. The van der Waals surface area contributed by atoms with Crippen LogP contribution in [-0.2, 0) is 12.8 Å². The molecule has 1 aliphatic rings. The monoisotopic (exact) mass is 290 g/mol. The van der Waals surface area contributed by atoms with Gasteiger partial charge in [0.05, 0.1) is 6.54 Å². The first kappa shape index (κ1) is 13.1. The third-order valence-electron chi connectivity index (χ3n) is 4.02. The van der Waals surface area contributed by atoms with Gasteiger partial charge in [-0.1, -0.05) is 42.5 Å². The maximum atomic E-state index is 6.01. The number of hydrogen-bond acceptors (Lipinski definition) is 3. The lowest BCUT2D eigenvalue weighted by Gasteiger charge is -2.01. The van der Waals surface area contributed by atoms with Gasteiger partial charge in [0.2, 0.25) is 0 Å². The minimum absolute atomic E-state index is 0.855. The molecule has 0 aliphatic carbocycles. The molecular weight excluding hydrogens is 272 g/mol. The van der Waals surface area contributed by atoms with E-state index in [0.29, 0.717) is 0 Å². The van der Waals surface area contributed by atoms with Crippen molar-refractivity contribution in [2.75, 3.05) is 13.1 Å². The standard InChI is InChI=1S/C19H18N2O/c1-2-4-14(5-3-1)6-9-17-12-15-7-8-16(13-18(15)22-17)19-20-10-11-21-19/h1-5,7-8,12-13H,6,9-11H2,(H,20,21). The molecule has 3 nitrogen and oxygen atoms in total. The zero-order valence-corrected chi connectivity index (χ0v) is 12.4. The predicted molar refractivity (Wildman–Crippen MR) is 89.5 cm³/mol. The maximum absolute atomic E-state index is 6.01. The molecule has 0 atom stereocenters. The fraction of sp³-hybridized carbons (Fsp3) is 0.211. The van der Waals surface area contributed by atoms with Crippen LogP contribution in [0.2, 0.25) is 0 Å². The van der Waals surface area contributed by atoms with Crippen LogP contribution >= 0.6 is 0 Å². The van der Waals surface area contributed by atoms with Gasteiger partial charge in [-0.25, -0.2) is 0 Å². The van der Waals surface area contributed by atoms with Crippen LogP contribution in [0.3, 0.4) is 0 Å². The number of nitrogens with one attached hydrogen (secondary N) is 1. The zero-order valence-electron chi connectivity index (χ0n) is 12.4. The Morgan fingerprint density at radius 1 is 1.00 bits per heavy atom. The second kappa shape index (κ2) is 5.68. The van der Waals surface area contributed by atoms with Gasteiger partial charge >= 0.3 is 0 Å². The molecule has 0 amide bonds. The highest BCUT2D eigenvalue weighted by molar-refractivity contribution is 6.02. The molecule has 0 fully saturated rings. The Balaban J connectivity index is 1.55. The highest BCUT2D eigenvalue weighted by atomic mass is 16.3. The van der Waals surface area contributed by atoms with Crippen LogP contribution in [0.5, 0.6) is 0 Å². The largest absolute Gasteiger partial charge is 0.461 e. The molecule has 22 heavy (non-hydrogen) atoms. The first-order valence-corrected chi connectivity index (χ1v) is 7.73. The third-order valence-corrected chi connectivity index (χ3v) is 4.02. The number of hydrogen-bond donors (Lipinski definition) is 1. The lowest BCUT2D eigenvalue weighted by atomic mass is 10.1. The van der Waals surface area contributed by atoms with E-state index in [-0.39, 0.29) is 0 Å². The van der Waals surface area contributed by atoms with E-state index >= 15 is 0 Å². The molecule has 0 saturated carbocycles. The number of fused-ring (bicyclic) bond motifs is 1. The quantitative estimate of drug-likeness (QED) is 0.797. The van der Waals surface area contributed by atoms with Crippen molar-refractivity contribution in [3.05, 3.63) is 71.5 Å². The summed E-state index contributed by atoms with van der Waals surface area (Å²) in [5.41, 5.74) is 3.39. The predicted octanol–water partition coefficient (Wildman–Crippen LogP) is 3.57. The summed E-state index contributed by atoms with van der Waals surface area (Å²) in [5.74, 6) is 2.02. The van der Waals surface area contributed by atoms with Gasteiger partial charge in [0.1, 0.15) is 17.2 Å². The van der Waals surface area contributed by atoms with Gasteiger partial charge in [-0.2, -0.15) is 0 Å². The van der Waals surface area contributed by atoms with Crippen LogP contribution in [0.25, 0.3) is 11.0 Å². The first-order chi connectivity index (χ1) is 10.9. The molecule has 1 aromatic heterocycles. The van der Waals surface area contributed by atoms with E-state index in [0.717, 1.165) is 54.1 Å². The summed E-state index contributed by atoms with van der Waals surface area (Å²) in [6, 6.07) is 19.0. The minimum Gasteiger partial charge on any atom is -0.461 e. The fourth-order valence-electron chi connectivity index (χ4n) is 2.86. The van der Waals surface area contributed by atoms with Crippen molar-refractivity contribution in [1.82, 2.24) is 5.32 Å². The molecule has 0 saturated heterocycles. The van der Waals surface area contributed by atoms with Crippen LogP contribution in [0, 0.1) is 0 Å². The normalized spacial score (nSPS) is 14.1. The Labute approximate surface area is 129 Å². The Bertz CT molecular complexity index is 818. The third kappa shape index (κ3) is 2.62. The molecule has 0 spiro atoms. The number of furan rings is 1. The lowest BCUT2D eigenvalue weighted by molar-refractivity contribution is 0.547. The van der Waals surface area contributed by atoms with Gasteiger partial charge in [-0.05, 0) is 24.1 Å². The summed E-state index contributed by atoms with van der Waals surface area (Å²) in [5, 5.41) is 4.46. The number of nitrogens with zero attached hydrogens (tertiary/aromatic N) is 1. The Morgan fingerprint density at radius 2 is 1.91 bits per heavy atom. The van der Waals surface area contributed by atoms with Gasteiger partial charge < -0.3 is 9.73 Å². The molecule has 2 aromatic carbocycles. The summed E-state index contributed by atoms with van der Waals surface area (Å²) in [6.07, 6.45) is 1.93. The SMILES string of the molecule is c1ccc(CCc2cc3ccc(C4=NCCN4)cc3o2)cc1. The smallest absolute Gasteiger partial charge is 0.135 e. The molecule has 0 radical (unpaired) electrons. The highest BCUT2D eigenvalue weighted by Crippen LogP contribution is 2.22. The number of aryl methyl sites for hydroxylation is 2. The van der Waals surface area contributed by atoms with Crippen LogP contribution in [0.4, 0.5) is 0 Å². The van der Waals surface area contributed by atoms with Gasteiger partial charge in [-0.3, -0.25) is 4.99 Å². The van der Waals surface area contributed by atoms with Gasteiger partial charge in [0.15, 0.2) is 0 Å². The molecule has 1 N–H and O–H groups in total. The van der Waals surface area contributed by atoms with Gasteiger partial charge in [0.25, 0.3) is 0 Å². The number of amidine groups is 1. The molecule has 3 heteroatoms. The summed E-state index contributed by atoms with van der Waals surface area (Å²) in [4.78, 5) is 4.46.